The Kier molecular flexibility index (Phi) is 6.51. The van der Waals surface area contributed by atoms with Crippen LogP contribution in [-0.2, 0) is 16.0 Å². The molecule has 1 amide bonds. The van der Waals surface area contributed by atoms with Gasteiger partial charge < -0.3 is 15.2 Å². The molecule has 0 spiro atoms. The predicted octanol–water partition coefficient (Wildman–Crippen LogP) is 3.64. The van der Waals surface area contributed by atoms with Crippen LogP contribution in [0.25, 0.3) is 0 Å². The van der Waals surface area contributed by atoms with Crippen molar-refractivity contribution in [3.63, 3.8) is 0 Å². The van der Waals surface area contributed by atoms with Crippen molar-refractivity contribution in [2.45, 2.75) is 32.3 Å². The molecule has 0 aliphatic carbocycles. The van der Waals surface area contributed by atoms with Gasteiger partial charge in [0.2, 0.25) is 0 Å². The lowest BCUT2D eigenvalue weighted by molar-refractivity contribution is -0.137. The van der Waals surface area contributed by atoms with E-state index in [1.165, 1.54) is 12.1 Å². The number of anilines is 1. The van der Waals surface area contributed by atoms with Crippen LogP contribution in [0.5, 0.6) is 5.75 Å². The van der Waals surface area contributed by atoms with Gasteiger partial charge >= 0.3 is 5.97 Å². The smallest absolute Gasteiger partial charge is 0.303 e. The number of carbonyl (C=O) groups is 2. The van der Waals surface area contributed by atoms with E-state index in [-0.39, 0.29) is 18.1 Å². The number of hydrogen-bond acceptors (Lipinski definition) is 3. The van der Waals surface area contributed by atoms with Gasteiger partial charge in [-0.05, 0) is 42.7 Å². The zero-order valence-electron chi connectivity index (χ0n) is 13.9. The minimum absolute atomic E-state index is 0.0357. The number of amides is 1. The van der Waals surface area contributed by atoms with Crippen molar-refractivity contribution in [1.29, 1.82) is 0 Å². The number of para-hydroxylation sites is 1. The van der Waals surface area contributed by atoms with Gasteiger partial charge in [-0.1, -0.05) is 31.2 Å². The van der Waals surface area contributed by atoms with Gasteiger partial charge in [-0.3, -0.25) is 9.59 Å². The molecular formula is C19H20FNO4. The van der Waals surface area contributed by atoms with Gasteiger partial charge in [0, 0.05) is 12.1 Å². The SMILES string of the molecule is CCC(Oc1ccccc1F)C(=O)Nc1ccc(CCC(=O)O)cc1. The Morgan fingerprint density at radius 3 is 2.44 bits per heavy atom. The largest absolute Gasteiger partial charge is 0.481 e. The molecule has 0 saturated carbocycles. The fourth-order valence-electron chi connectivity index (χ4n) is 2.24. The second kappa shape index (κ2) is 8.82. The van der Waals surface area contributed by atoms with E-state index in [0.717, 1.165) is 5.56 Å². The van der Waals surface area contributed by atoms with E-state index in [2.05, 4.69) is 5.32 Å². The summed E-state index contributed by atoms with van der Waals surface area (Å²) in [6.07, 6.45) is 0.0534. The highest BCUT2D eigenvalue weighted by molar-refractivity contribution is 5.94. The van der Waals surface area contributed by atoms with Gasteiger partial charge in [0.15, 0.2) is 17.7 Å². The highest BCUT2D eigenvalue weighted by Crippen LogP contribution is 2.19. The first-order valence-corrected chi connectivity index (χ1v) is 8.02. The number of benzene rings is 2. The molecule has 0 saturated heterocycles. The fourth-order valence-corrected chi connectivity index (χ4v) is 2.24. The summed E-state index contributed by atoms with van der Waals surface area (Å²) in [5, 5.41) is 11.4. The van der Waals surface area contributed by atoms with Crippen LogP contribution in [0.15, 0.2) is 48.5 Å². The molecule has 0 heterocycles. The summed E-state index contributed by atoms with van der Waals surface area (Å²) in [5.74, 6) is -1.71. The van der Waals surface area contributed by atoms with Gasteiger partial charge in [-0.15, -0.1) is 0 Å². The number of ether oxygens (including phenoxy) is 1. The molecule has 25 heavy (non-hydrogen) atoms. The number of nitrogens with one attached hydrogen (secondary N) is 1. The Labute approximate surface area is 145 Å². The lowest BCUT2D eigenvalue weighted by atomic mass is 10.1. The van der Waals surface area contributed by atoms with Gasteiger partial charge in [-0.25, -0.2) is 4.39 Å². The van der Waals surface area contributed by atoms with Crippen LogP contribution in [-0.4, -0.2) is 23.1 Å². The Morgan fingerprint density at radius 2 is 1.84 bits per heavy atom. The topological polar surface area (TPSA) is 75.6 Å². The standard InChI is InChI=1S/C19H20FNO4/c1-2-16(25-17-6-4-3-5-15(17)20)19(24)21-14-10-7-13(8-11-14)9-12-18(22)23/h3-8,10-11,16H,2,9,12H2,1H3,(H,21,24)(H,22,23). The number of aliphatic carboxylic acids is 1. The van der Waals surface area contributed by atoms with Gasteiger partial charge in [0.05, 0.1) is 0 Å². The summed E-state index contributed by atoms with van der Waals surface area (Å²) in [5.41, 5.74) is 1.44. The van der Waals surface area contributed by atoms with Gasteiger partial charge in [0.1, 0.15) is 0 Å². The van der Waals surface area contributed by atoms with Crippen molar-refractivity contribution in [2.24, 2.45) is 0 Å². The van der Waals surface area contributed by atoms with E-state index in [1.54, 1.807) is 43.3 Å². The molecule has 5 nitrogen and oxygen atoms in total. The van der Waals surface area contributed by atoms with Crippen molar-refractivity contribution in [3.8, 4) is 5.75 Å². The van der Waals surface area contributed by atoms with Crippen LogP contribution in [0.4, 0.5) is 10.1 Å². The molecule has 0 aromatic heterocycles. The van der Waals surface area contributed by atoms with Crippen molar-refractivity contribution >= 4 is 17.6 Å². The minimum Gasteiger partial charge on any atom is -0.481 e. The number of aryl methyl sites for hydroxylation is 1. The number of hydrogen-bond donors (Lipinski definition) is 2. The quantitative estimate of drug-likeness (QED) is 0.766. The Bertz CT molecular complexity index is 730. The molecule has 0 radical (unpaired) electrons. The average molecular weight is 345 g/mol. The Morgan fingerprint density at radius 1 is 1.16 bits per heavy atom. The van der Waals surface area contributed by atoms with Crippen molar-refractivity contribution in [1.82, 2.24) is 0 Å². The molecule has 1 unspecified atom stereocenters. The highest BCUT2D eigenvalue weighted by Gasteiger charge is 2.20. The van der Waals surface area contributed by atoms with Crippen LogP contribution >= 0.6 is 0 Å². The lowest BCUT2D eigenvalue weighted by Gasteiger charge is -2.17. The molecule has 1 atom stereocenters. The fraction of sp³-hybridized carbons (Fsp3) is 0.263. The van der Waals surface area contributed by atoms with E-state index in [9.17, 15) is 14.0 Å². The van der Waals surface area contributed by atoms with Crippen LogP contribution in [0, 0.1) is 5.82 Å². The van der Waals surface area contributed by atoms with Crippen molar-refractivity contribution in [3.05, 3.63) is 59.9 Å². The third kappa shape index (κ3) is 5.60. The van der Waals surface area contributed by atoms with Crippen LogP contribution in [0.1, 0.15) is 25.3 Å². The summed E-state index contributed by atoms with van der Waals surface area (Å²) < 4.78 is 19.1. The summed E-state index contributed by atoms with van der Waals surface area (Å²) >= 11 is 0. The molecule has 2 aromatic rings. The lowest BCUT2D eigenvalue weighted by Crippen LogP contribution is -2.32. The first-order valence-electron chi connectivity index (χ1n) is 8.02. The normalized spacial score (nSPS) is 11.6. The third-order valence-corrected chi connectivity index (χ3v) is 3.62. The third-order valence-electron chi connectivity index (χ3n) is 3.62. The van der Waals surface area contributed by atoms with Gasteiger partial charge in [-0.2, -0.15) is 0 Å². The molecule has 2 aromatic carbocycles. The summed E-state index contributed by atoms with van der Waals surface area (Å²) in [6, 6.07) is 12.9. The molecule has 0 aliphatic rings. The molecule has 0 aliphatic heterocycles. The molecule has 0 bridgehead atoms. The van der Waals surface area contributed by atoms with Crippen molar-refractivity contribution in [2.75, 3.05) is 5.32 Å². The second-order valence-electron chi connectivity index (χ2n) is 5.53. The minimum atomic E-state index is -0.853. The first kappa shape index (κ1) is 18.4. The summed E-state index contributed by atoms with van der Waals surface area (Å²) in [7, 11) is 0. The zero-order chi connectivity index (χ0) is 18.2. The van der Waals surface area contributed by atoms with Crippen molar-refractivity contribution < 1.29 is 23.8 Å². The number of halogens is 1. The Hall–Kier alpha value is -2.89. The molecule has 2 rings (SSSR count). The predicted molar refractivity (Wildman–Crippen MR) is 92.1 cm³/mol. The highest BCUT2D eigenvalue weighted by atomic mass is 19.1. The molecule has 6 heteroatoms. The number of rotatable bonds is 8. The maximum absolute atomic E-state index is 13.7. The summed E-state index contributed by atoms with van der Waals surface area (Å²) in [4.78, 5) is 22.9. The summed E-state index contributed by atoms with van der Waals surface area (Å²) in [6.45, 7) is 1.78. The van der Waals surface area contributed by atoms with E-state index in [0.29, 0.717) is 18.5 Å². The second-order valence-corrected chi connectivity index (χ2v) is 5.53. The van der Waals surface area contributed by atoms with Crippen LogP contribution < -0.4 is 10.1 Å². The van der Waals surface area contributed by atoms with Crippen LogP contribution in [0.2, 0.25) is 0 Å². The monoisotopic (exact) mass is 345 g/mol. The molecule has 0 fully saturated rings. The van der Waals surface area contributed by atoms with E-state index >= 15 is 0 Å². The van der Waals surface area contributed by atoms with E-state index in [4.69, 9.17) is 9.84 Å². The molecule has 132 valence electrons. The molecule has 2 N–H and O–H groups in total. The van der Waals surface area contributed by atoms with Gasteiger partial charge in [0.25, 0.3) is 5.91 Å². The van der Waals surface area contributed by atoms with E-state index < -0.39 is 17.9 Å². The average Bonchev–Trinajstić information content (AvgIpc) is 2.60. The maximum atomic E-state index is 13.7. The zero-order valence-corrected chi connectivity index (χ0v) is 13.9. The number of carboxylic acids is 1. The maximum Gasteiger partial charge on any atom is 0.303 e. The van der Waals surface area contributed by atoms with E-state index in [1.807, 2.05) is 0 Å². The Balaban J connectivity index is 1.97. The first-order chi connectivity index (χ1) is 12.0. The number of carbonyl (C=O) groups excluding carboxylic acids is 1. The van der Waals surface area contributed by atoms with Crippen LogP contribution in [0.3, 0.4) is 0 Å². The number of carboxylic acid groups (broad SMARTS) is 1. The molecular weight excluding hydrogens is 325 g/mol.